The fourth-order valence-corrected chi connectivity index (χ4v) is 2.50. The lowest BCUT2D eigenvalue weighted by molar-refractivity contribution is 0.338. The predicted octanol–water partition coefficient (Wildman–Crippen LogP) is 2.55. The molecule has 1 aliphatic heterocycles. The normalized spacial score (nSPS) is 29.9. The Morgan fingerprint density at radius 3 is 2.58 bits per heavy atom. The van der Waals surface area contributed by atoms with E-state index in [1.165, 1.54) is 12.8 Å². The summed E-state index contributed by atoms with van der Waals surface area (Å²) < 4.78 is 0. The van der Waals surface area contributed by atoms with Crippen LogP contribution in [-0.4, -0.2) is 27.9 Å². The van der Waals surface area contributed by atoms with Crippen LogP contribution in [0.15, 0.2) is 0 Å². The molecule has 0 bridgehead atoms. The summed E-state index contributed by atoms with van der Waals surface area (Å²) in [4.78, 5) is 2.22. The molecule has 0 aromatic carbocycles. The van der Waals surface area contributed by atoms with Gasteiger partial charge in [0.2, 0.25) is 0 Å². The highest BCUT2D eigenvalue weighted by atomic mass is 32.2. The number of unbranched alkanes of at least 4 members (excludes halogenated alkanes) is 1. The Bertz CT molecular complexity index is 170. The average Bonchev–Trinajstić information content (AvgIpc) is 2.25. The molecule has 2 nitrogen and oxygen atoms in total. The number of nitrogens with one attached hydrogen (secondary N) is 1. The van der Waals surface area contributed by atoms with Gasteiger partial charge in [-0.3, -0.25) is 5.41 Å². The smallest absolute Gasteiger partial charge is 0.156 e. The summed E-state index contributed by atoms with van der Waals surface area (Å²) in [5.41, 5.74) is 0. The summed E-state index contributed by atoms with van der Waals surface area (Å²) in [6, 6.07) is 0.550. The third kappa shape index (κ3) is 1.94. The van der Waals surface area contributed by atoms with Gasteiger partial charge in [0.25, 0.3) is 0 Å². The molecule has 0 saturated carbocycles. The molecule has 0 aromatic rings. The van der Waals surface area contributed by atoms with Crippen LogP contribution in [0.2, 0.25) is 0 Å². The van der Waals surface area contributed by atoms with Gasteiger partial charge in [-0.25, -0.2) is 0 Å². The van der Waals surface area contributed by atoms with Crippen molar-refractivity contribution >= 4 is 16.9 Å². The van der Waals surface area contributed by atoms with Crippen LogP contribution in [0, 0.1) is 5.41 Å². The monoisotopic (exact) mass is 186 g/mol. The number of hydrogen-bond acceptors (Lipinski definition) is 2. The van der Waals surface area contributed by atoms with Crippen LogP contribution in [0.4, 0.5) is 0 Å². The van der Waals surface area contributed by atoms with Gasteiger partial charge in [-0.15, -0.1) is 0 Å². The summed E-state index contributed by atoms with van der Waals surface area (Å²) in [5, 5.41) is 9.09. The molecule has 2 atom stereocenters. The molecular weight excluding hydrogens is 168 g/mol. The van der Waals surface area contributed by atoms with Crippen LogP contribution in [0.3, 0.4) is 0 Å². The zero-order valence-electron chi connectivity index (χ0n) is 8.13. The zero-order valence-corrected chi connectivity index (χ0v) is 8.95. The maximum atomic E-state index is 7.73. The van der Waals surface area contributed by atoms with Crippen molar-refractivity contribution < 1.29 is 0 Å². The predicted molar refractivity (Wildman–Crippen MR) is 55.9 cm³/mol. The lowest BCUT2D eigenvalue weighted by Crippen LogP contribution is -2.34. The average molecular weight is 186 g/mol. The van der Waals surface area contributed by atoms with Gasteiger partial charge in [0.05, 0.1) is 0 Å². The SMILES string of the molecule is CCCCN1C(=N)S[C@@H](C)[C@@H]1C. The Balaban J connectivity index is 2.46. The van der Waals surface area contributed by atoms with E-state index in [0.717, 1.165) is 11.7 Å². The van der Waals surface area contributed by atoms with Gasteiger partial charge < -0.3 is 4.90 Å². The Kier molecular flexibility index (Phi) is 3.44. The lowest BCUT2D eigenvalue weighted by atomic mass is 10.2. The third-order valence-corrected chi connectivity index (χ3v) is 3.71. The molecule has 1 heterocycles. The summed E-state index contributed by atoms with van der Waals surface area (Å²) in [5.74, 6) is 0. The van der Waals surface area contributed by atoms with Crippen molar-refractivity contribution in [1.82, 2.24) is 4.90 Å². The molecule has 0 aliphatic carbocycles. The van der Waals surface area contributed by atoms with E-state index in [0.29, 0.717) is 11.3 Å². The van der Waals surface area contributed by atoms with Crippen molar-refractivity contribution in [3.8, 4) is 0 Å². The van der Waals surface area contributed by atoms with Crippen molar-refractivity contribution in [2.24, 2.45) is 0 Å². The maximum Gasteiger partial charge on any atom is 0.156 e. The van der Waals surface area contributed by atoms with E-state index in [1.807, 2.05) is 0 Å². The Morgan fingerprint density at radius 2 is 2.17 bits per heavy atom. The first kappa shape index (κ1) is 9.90. The quantitative estimate of drug-likeness (QED) is 0.733. The zero-order chi connectivity index (χ0) is 9.14. The molecule has 0 spiro atoms. The first-order valence-corrected chi connectivity index (χ1v) is 5.56. The minimum Gasteiger partial charge on any atom is -0.348 e. The van der Waals surface area contributed by atoms with Gasteiger partial charge in [-0.1, -0.05) is 32.0 Å². The van der Waals surface area contributed by atoms with E-state index in [9.17, 15) is 0 Å². The topological polar surface area (TPSA) is 27.1 Å². The fourth-order valence-electron chi connectivity index (χ4n) is 1.41. The molecule has 1 N–H and O–H groups in total. The number of thioether (sulfide) groups is 1. The molecule has 0 unspecified atom stereocenters. The maximum absolute atomic E-state index is 7.73. The largest absolute Gasteiger partial charge is 0.348 e. The van der Waals surface area contributed by atoms with E-state index in [4.69, 9.17) is 5.41 Å². The number of rotatable bonds is 3. The molecule has 1 aliphatic rings. The van der Waals surface area contributed by atoms with Crippen molar-refractivity contribution in [3.63, 3.8) is 0 Å². The fraction of sp³-hybridized carbons (Fsp3) is 0.889. The number of nitrogens with zero attached hydrogens (tertiary/aromatic N) is 1. The second kappa shape index (κ2) is 4.17. The summed E-state index contributed by atoms with van der Waals surface area (Å²) in [7, 11) is 0. The second-order valence-corrected chi connectivity index (χ2v) is 4.78. The van der Waals surface area contributed by atoms with Gasteiger partial charge in [0, 0.05) is 17.8 Å². The lowest BCUT2D eigenvalue weighted by Gasteiger charge is -2.23. The van der Waals surface area contributed by atoms with Gasteiger partial charge in [0.15, 0.2) is 5.17 Å². The minimum absolute atomic E-state index is 0.550. The van der Waals surface area contributed by atoms with E-state index in [-0.39, 0.29) is 0 Å². The van der Waals surface area contributed by atoms with Crippen LogP contribution in [0.25, 0.3) is 0 Å². The minimum atomic E-state index is 0.550. The van der Waals surface area contributed by atoms with Crippen molar-refractivity contribution in [1.29, 1.82) is 5.41 Å². The molecular formula is C9H18N2S. The van der Waals surface area contributed by atoms with Crippen molar-refractivity contribution in [2.45, 2.75) is 44.9 Å². The Labute approximate surface area is 79.2 Å². The number of hydrogen-bond donors (Lipinski definition) is 1. The van der Waals surface area contributed by atoms with Crippen molar-refractivity contribution in [3.05, 3.63) is 0 Å². The number of amidine groups is 1. The second-order valence-electron chi connectivity index (χ2n) is 3.42. The highest BCUT2D eigenvalue weighted by Crippen LogP contribution is 2.30. The van der Waals surface area contributed by atoms with E-state index < -0.39 is 0 Å². The molecule has 0 radical (unpaired) electrons. The standard InChI is InChI=1S/C9H18N2S/c1-4-5-6-11-7(2)8(3)12-9(11)10/h7-8,10H,4-6H2,1-3H3/t7-,8-/m0/s1. The van der Waals surface area contributed by atoms with Gasteiger partial charge in [-0.05, 0) is 13.3 Å². The molecule has 1 saturated heterocycles. The van der Waals surface area contributed by atoms with Crippen LogP contribution in [-0.2, 0) is 0 Å². The first-order chi connectivity index (χ1) is 5.66. The first-order valence-electron chi connectivity index (χ1n) is 4.68. The van der Waals surface area contributed by atoms with Gasteiger partial charge in [0.1, 0.15) is 0 Å². The highest BCUT2D eigenvalue weighted by Gasteiger charge is 2.31. The van der Waals surface area contributed by atoms with Crippen LogP contribution < -0.4 is 0 Å². The van der Waals surface area contributed by atoms with Crippen LogP contribution in [0.1, 0.15) is 33.6 Å². The molecule has 0 aromatic heterocycles. The van der Waals surface area contributed by atoms with Gasteiger partial charge >= 0.3 is 0 Å². The molecule has 3 heteroatoms. The Hall–Kier alpha value is -0.180. The van der Waals surface area contributed by atoms with Crippen LogP contribution in [0.5, 0.6) is 0 Å². The Morgan fingerprint density at radius 1 is 1.50 bits per heavy atom. The summed E-state index contributed by atoms with van der Waals surface area (Å²) >= 11 is 1.70. The summed E-state index contributed by atoms with van der Waals surface area (Å²) in [6.07, 6.45) is 2.43. The molecule has 1 rings (SSSR count). The van der Waals surface area contributed by atoms with Crippen LogP contribution >= 0.6 is 11.8 Å². The van der Waals surface area contributed by atoms with Crippen molar-refractivity contribution in [2.75, 3.05) is 6.54 Å². The highest BCUT2D eigenvalue weighted by molar-refractivity contribution is 8.14. The third-order valence-electron chi connectivity index (χ3n) is 2.48. The van der Waals surface area contributed by atoms with Gasteiger partial charge in [-0.2, -0.15) is 0 Å². The summed E-state index contributed by atoms with van der Waals surface area (Å²) in [6.45, 7) is 7.68. The van der Waals surface area contributed by atoms with E-state index in [2.05, 4.69) is 25.7 Å². The molecule has 0 amide bonds. The van der Waals surface area contributed by atoms with E-state index >= 15 is 0 Å². The molecule has 1 fully saturated rings. The molecule has 12 heavy (non-hydrogen) atoms. The molecule has 70 valence electrons. The van der Waals surface area contributed by atoms with E-state index in [1.54, 1.807) is 11.8 Å².